The summed E-state index contributed by atoms with van der Waals surface area (Å²) in [7, 11) is 0. The molecule has 1 saturated heterocycles. The number of amides is 2. The fourth-order valence-corrected chi connectivity index (χ4v) is 3.67. The smallest absolute Gasteiger partial charge is 0.268 e. The maximum Gasteiger partial charge on any atom is 0.268 e. The number of aromatic nitrogens is 1. The van der Waals surface area contributed by atoms with Crippen molar-refractivity contribution in [3.05, 3.63) is 47.4 Å². The molecule has 2 aliphatic heterocycles. The van der Waals surface area contributed by atoms with Crippen molar-refractivity contribution in [3.63, 3.8) is 0 Å². The molecule has 0 unspecified atom stereocenters. The minimum Gasteiger partial charge on any atom is -0.479 e. The number of anilines is 1. The lowest BCUT2D eigenvalue weighted by Crippen LogP contribution is -2.32. The number of fused-ring (bicyclic) bond motifs is 1. The van der Waals surface area contributed by atoms with Crippen molar-refractivity contribution in [2.45, 2.75) is 32.9 Å². The molecule has 8 heteroatoms. The first-order chi connectivity index (χ1) is 14.0. The molecule has 2 aromatic rings. The van der Waals surface area contributed by atoms with Gasteiger partial charge in [-0.25, -0.2) is 9.37 Å². The number of hydrogen-bond donors (Lipinski definition) is 0. The Morgan fingerprint density at radius 1 is 1.24 bits per heavy atom. The molecule has 2 aliphatic rings. The second-order valence-electron chi connectivity index (χ2n) is 6.92. The third kappa shape index (κ3) is 3.50. The zero-order valence-corrected chi connectivity index (χ0v) is 16.4. The van der Waals surface area contributed by atoms with Crippen LogP contribution >= 0.6 is 0 Å². The van der Waals surface area contributed by atoms with E-state index >= 15 is 0 Å². The molecule has 7 nitrogen and oxygen atoms in total. The van der Waals surface area contributed by atoms with Crippen molar-refractivity contribution < 1.29 is 23.5 Å². The molecule has 29 heavy (non-hydrogen) atoms. The summed E-state index contributed by atoms with van der Waals surface area (Å²) in [6.45, 7) is 5.40. The highest BCUT2D eigenvalue weighted by molar-refractivity contribution is 6.03. The predicted octanol–water partition coefficient (Wildman–Crippen LogP) is 2.78. The first kappa shape index (κ1) is 19.2. The lowest BCUT2D eigenvalue weighted by atomic mass is 10.1. The molecule has 0 bridgehead atoms. The lowest BCUT2D eigenvalue weighted by molar-refractivity contribution is -0.122. The highest BCUT2D eigenvalue weighted by Gasteiger charge is 2.37. The quantitative estimate of drug-likeness (QED) is 0.747. The van der Waals surface area contributed by atoms with E-state index in [4.69, 9.17) is 9.47 Å². The Morgan fingerprint density at radius 2 is 2.07 bits per heavy atom. The van der Waals surface area contributed by atoms with E-state index in [-0.39, 0.29) is 18.4 Å². The molecule has 1 aromatic heterocycles. The van der Waals surface area contributed by atoms with Gasteiger partial charge >= 0.3 is 0 Å². The molecule has 2 amide bonds. The van der Waals surface area contributed by atoms with E-state index in [1.54, 1.807) is 23.1 Å². The van der Waals surface area contributed by atoms with E-state index in [9.17, 15) is 14.0 Å². The van der Waals surface area contributed by atoms with Crippen LogP contribution in [0.1, 0.15) is 36.2 Å². The maximum absolute atomic E-state index is 14.6. The Balaban J connectivity index is 1.50. The van der Waals surface area contributed by atoms with Gasteiger partial charge in [-0.3, -0.25) is 9.59 Å². The Morgan fingerprint density at radius 3 is 2.76 bits per heavy atom. The lowest BCUT2D eigenvalue weighted by Gasteiger charge is -2.18. The highest BCUT2D eigenvalue weighted by atomic mass is 19.1. The summed E-state index contributed by atoms with van der Waals surface area (Å²) in [5.41, 5.74) is 1.10. The Labute approximate surface area is 168 Å². The van der Waals surface area contributed by atoms with Crippen molar-refractivity contribution in [2.24, 2.45) is 0 Å². The highest BCUT2D eigenvalue weighted by Crippen LogP contribution is 2.32. The Bertz CT molecular complexity index is 948. The van der Waals surface area contributed by atoms with E-state index in [1.807, 2.05) is 13.8 Å². The van der Waals surface area contributed by atoms with Gasteiger partial charge in [0, 0.05) is 48.9 Å². The first-order valence-electron chi connectivity index (χ1n) is 9.70. The second-order valence-corrected chi connectivity index (χ2v) is 6.92. The van der Waals surface area contributed by atoms with Crippen LogP contribution in [0, 0.1) is 5.82 Å². The van der Waals surface area contributed by atoms with Crippen LogP contribution < -0.4 is 14.4 Å². The van der Waals surface area contributed by atoms with Gasteiger partial charge in [-0.05, 0) is 32.0 Å². The number of ether oxygens (including phenoxy) is 2. The number of hydrogen-bond acceptors (Lipinski definition) is 5. The minimum absolute atomic E-state index is 0.205. The van der Waals surface area contributed by atoms with Crippen molar-refractivity contribution in [1.29, 1.82) is 0 Å². The van der Waals surface area contributed by atoms with Crippen LogP contribution in [-0.2, 0) is 11.3 Å². The second kappa shape index (κ2) is 7.69. The van der Waals surface area contributed by atoms with Crippen LogP contribution in [0.5, 0.6) is 11.6 Å². The third-order valence-corrected chi connectivity index (χ3v) is 5.18. The van der Waals surface area contributed by atoms with Gasteiger partial charge in [0.25, 0.3) is 11.8 Å². The summed E-state index contributed by atoms with van der Waals surface area (Å²) in [5, 5.41) is 0. The zero-order chi connectivity index (χ0) is 20.5. The van der Waals surface area contributed by atoms with Gasteiger partial charge in [-0.2, -0.15) is 0 Å². The number of rotatable bonds is 6. The number of carbonyl (C=O) groups is 2. The monoisotopic (exact) mass is 399 g/mol. The van der Waals surface area contributed by atoms with Gasteiger partial charge in [-0.1, -0.05) is 0 Å². The van der Waals surface area contributed by atoms with Gasteiger partial charge in [0.05, 0.1) is 12.8 Å². The van der Waals surface area contributed by atoms with Gasteiger partial charge in [-0.15, -0.1) is 0 Å². The fraction of sp³-hybridized carbons (Fsp3) is 0.381. The van der Waals surface area contributed by atoms with E-state index in [0.717, 1.165) is 0 Å². The standard InChI is InChI=1S/C21H22FN3O4/c1-3-24-12-16-15(20(24)26)9-13(10-17(16)22)25-8-7-18(21(25)27)29-14-5-6-19(23-11-14)28-4-2/h5-6,9-11,18H,3-4,7-8,12H2,1-2H3/t18-/m1/s1. The van der Waals surface area contributed by atoms with Gasteiger partial charge in [0.1, 0.15) is 11.6 Å². The molecule has 0 radical (unpaired) electrons. The Hall–Kier alpha value is -3.16. The summed E-state index contributed by atoms with van der Waals surface area (Å²) in [6.07, 6.45) is 1.28. The van der Waals surface area contributed by atoms with Crippen LogP contribution in [-0.4, -0.2) is 47.5 Å². The molecule has 0 spiro atoms. The molecule has 0 N–H and O–H groups in total. The summed E-state index contributed by atoms with van der Waals surface area (Å²) in [4.78, 5) is 32.4. The van der Waals surface area contributed by atoms with E-state index in [2.05, 4.69) is 4.98 Å². The Kier molecular flexibility index (Phi) is 5.08. The minimum atomic E-state index is -0.686. The molecule has 1 aromatic carbocycles. The van der Waals surface area contributed by atoms with Gasteiger partial charge in [0.15, 0.2) is 6.10 Å². The number of benzene rings is 1. The van der Waals surface area contributed by atoms with Crippen molar-refractivity contribution >= 4 is 17.5 Å². The zero-order valence-electron chi connectivity index (χ0n) is 16.4. The van der Waals surface area contributed by atoms with Crippen LogP contribution in [0.15, 0.2) is 30.5 Å². The fourth-order valence-electron chi connectivity index (χ4n) is 3.67. The van der Waals surface area contributed by atoms with Crippen LogP contribution in [0.2, 0.25) is 0 Å². The molecule has 0 aliphatic carbocycles. The van der Waals surface area contributed by atoms with Gasteiger partial charge < -0.3 is 19.3 Å². The summed E-state index contributed by atoms with van der Waals surface area (Å²) >= 11 is 0. The average Bonchev–Trinajstić information content (AvgIpc) is 3.24. The van der Waals surface area contributed by atoms with E-state index in [0.29, 0.717) is 54.6 Å². The molecule has 1 fully saturated rings. The van der Waals surface area contributed by atoms with Crippen molar-refractivity contribution in [2.75, 3.05) is 24.6 Å². The number of pyridine rings is 1. The van der Waals surface area contributed by atoms with Crippen LogP contribution in [0.4, 0.5) is 10.1 Å². The van der Waals surface area contributed by atoms with Crippen molar-refractivity contribution in [1.82, 2.24) is 9.88 Å². The first-order valence-corrected chi connectivity index (χ1v) is 9.70. The summed E-state index contributed by atoms with van der Waals surface area (Å²) < 4.78 is 25.7. The predicted molar refractivity (Wildman–Crippen MR) is 104 cm³/mol. The van der Waals surface area contributed by atoms with E-state index in [1.165, 1.54) is 17.2 Å². The molecular weight excluding hydrogens is 377 g/mol. The molecule has 4 rings (SSSR count). The molecule has 0 saturated carbocycles. The number of halogens is 1. The molecule has 152 valence electrons. The summed E-state index contributed by atoms with van der Waals surface area (Å²) in [6, 6.07) is 6.30. The maximum atomic E-state index is 14.6. The van der Waals surface area contributed by atoms with Crippen LogP contribution in [0.25, 0.3) is 0 Å². The van der Waals surface area contributed by atoms with E-state index < -0.39 is 11.9 Å². The SMILES string of the molecule is CCOc1ccc(O[C@@H]2CCN(c3cc(F)c4c(c3)C(=O)N(CC)C4)C2=O)cn1. The van der Waals surface area contributed by atoms with Gasteiger partial charge in [0.2, 0.25) is 5.88 Å². The number of carbonyl (C=O) groups excluding carboxylic acids is 2. The largest absolute Gasteiger partial charge is 0.479 e. The molecule has 3 heterocycles. The topological polar surface area (TPSA) is 72.0 Å². The summed E-state index contributed by atoms with van der Waals surface area (Å²) in [5.74, 6) is 0.00931. The molecule has 1 atom stereocenters. The molecular formula is C21H22FN3O4. The average molecular weight is 399 g/mol. The third-order valence-electron chi connectivity index (χ3n) is 5.18. The van der Waals surface area contributed by atoms with Crippen molar-refractivity contribution in [3.8, 4) is 11.6 Å². The normalized spacial score (nSPS) is 18.4. The van der Waals surface area contributed by atoms with Crippen LogP contribution in [0.3, 0.4) is 0 Å². The number of nitrogens with zero attached hydrogens (tertiary/aromatic N) is 3.